The molecule has 0 aliphatic carbocycles. The number of rotatable bonds is 4. The topological polar surface area (TPSA) is 93.9 Å². The standard InChI is InChI=1S/C21H24FN5O2/c1-13-2-3-15(16(22)10-13)21-19(17-4-7-23-12-24-17)20(25-26-21)14-5-8-27(9-6-14)18(29)11-28/h2-3,7,10,12,14,17,28H,4-6,8-9,11H2,1H3,(H,25,26). The molecule has 1 amide bonds. The number of halogens is 1. The lowest BCUT2D eigenvalue weighted by atomic mass is 9.86. The lowest BCUT2D eigenvalue weighted by Gasteiger charge is -2.32. The van der Waals surface area contributed by atoms with Crippen LogP contribution in [0.5, 0.6) is 0 Å². The van der Waals surface area contributed by atoms with Gasteiger partial charge in [0.05, 0.1) is 6.04 Å². The van der Waals surface area contributed by atoms with E-state index in [0.717, 1.165) is 29.7 Å². The van der Waals surface area contributed by atoms with E-state index in [1.54, 1.807) is 11.0 Å². The number of amides is 1. The molecule has 7 nitrogen and oxygen atoms in total. The number of aliphatic hydroxyl groups is 1. The summed E-state index contributed by atoms with van der Waals surface area (Å²) in [5.74, 6) is -0.388. The van der Waals surface area contributed by atoms with Crippen LogP contribution in [0, 0.1) is 12.7 Å². The van der Waals surface area contributed by atoms with Crippen molar-refractivity contribution in [3.8, 4) is 11.3 Å². The maximum absolute atomic E-state index is 14.7. The molecular formula is C21H24FN5O2. The third-order valence-corrected chi connectivity index (χ3v) is 5.68. The highest BCUT2D eigenvalue weighted by Gasteiger charge is 2.31. The van der Waals surface area contributed by atoms with E-state index in [0.29, 0.717) is 30.8 Å². The normalized spacial score (nSPS) is 19.7. The van der Waals surface area contributed by atoms with Crippen molar-refractivity contribution in [1.82, 2.24) is 15.1 Å². The molecule has 29 heavy (non-hydrogen) atoms. The van der Waals surface area contributed by atoms with Crippen molar-refractivity contribution in [1.29, 1.82) is 0 Å². The fourth-order valence-electron chi connectivity index (χ4n) is 4.13. The van der Waals surface area contributed by atoms with Crippen LogP contribution in [-0.2, 0) is 4.79 Å². The predicted molar refractivity (Wildman–Crippen MR) is 109 cm³/mol. The number of carbonyl (C=O) groups excluding carboxylic acids is 1. The maximum atomic E-state index is 14.7. The van der Waals surface area contributed by atoms with Gasteiger partial charge in [0.2, 0.25) is 5.91 Å². The summed E-state index contributed by atoms with van der Waals surface area (Å²) < 4.78 is 14.7. The smallest absolute Gasteiger partial charge is 0.248 e. The fraction of sp³-hybridized carbons (Fsp3) is 0.429. The molecule has 1 atom stereocenters. The van der Waals surface area contributed by atoms with Gasteiger partial charge in [-0.3, -0.25) is 14.9 Å². The number of nitrogens with zero attached hydrogens (tertiary/aromatic N) is 4. The number of nitrogens with one attached hydrogen (secondary N) is 1. The largest absolute Gasteiger partial charge is 0.387 e. The number of aromatic amines is 1. The Balaban J connectivity index is 1.70. The lowest BCUT2D eigenvalue weighted by Crippen LogP contribution is -2.39. The quantitative estimate of drug-likeness (QED) is 0.831. The molecule has 0 bridgehead atoms. The van der Waals surface area contributed by atoms with Crippen molar-refractivity contribution in [2.45, 2.75) is 38.1 Å². The van der Waals surface area contributed by atoms with Gasteiger partial charge in [0.25, 0.3) is 0 Å². The van der Waals surface area contributed by atoms with Crippen molar-refractivity contribution < 1.29 is 14.3 Å². The SMILES string of the molecule is Cc1ccc(-c2n[nH]c(C3CCN(C(=O)CO)CC3)c2C2CC=NC=N2)c(F)c1. The van der Waals surface area contributed by atoms with E-state index in [9.17, 15) is 9.18 Å². The monoisotopic (exact) mass is 397 g/mol. The van der Waals surface area contributed by atoms with Crippen molar-refractivity contribution in [2.24, 2.45) is 9.98 Å². The van der Waals surface area contributed by atoms with Crippen molar-refractivity contribution in [3.05, 3.63) is 40.8 Å². The van der Waals surface area contributed by atoms with Gasteiger partial charge >= 0.3 is 0 Å². The van der Waals surface area contributed by atoms with E-state index < -0.39 is 6.61 Å². The Kier molecular flexibility index (Phi) is 5.53. The minimum Gasteiger partial charge on any atom is -0.387 e. The van der Waals surface area contributed by atoms with Crippen LogP contribution in [-0.4, -0.2) is 58.4 Å². The molecule has 2 N–H and O–H groups in total. The predicted octanol–water partition coefficient (Wildman–Crippen LogP) is 2.77. The maximum Gasteiger partial charge on any atom is 0.248 e. The number of likely N-dealkylation sites (tertiary alicyclic amines) is 1. The zero-order valence-corrected chi connectivity index (χ0v) is 16.3. The molecule has 4 rings (SSSR count). The second kappa shape index (κ2) is 8.24. The average Bonchev–Trinajstić information content (AvgIpc) is 3.18. The van der Waals surface area contributed by atoms with Gasteiger partial charge in [-0.15, -0.1) is 0 Å². The number of aryl methyl sites for hydroxylation is 1. The summed E-state index contributed by atoms with van der Waals surface area (Å²) in [6, 6.07) is 4.98. The molecule has 152 valence electrons. The van der Waals surface area contributed by atoms with Gasteiger partial charge in [-0.2, -0.15) is 5.10 Å². The van der Waals surface area contributed by atoms with E-state index in [1.807, 2.05) is 19.2 Å². The number of carbonyl (C=O) groups is 1. The number of aromatic nitrogens is 2. The molecule has 0 spiro atoms. The molecule has 1 fully saturated rings. The highest BCUT2D eigenvalue weighted by atomic mass is 19.1. The first-order valence-electron chi connectivity index (χ1n) is 9.85. The van der Waals surface area contributed by atoms with Crippen LogP contribution < -0.4 is 0 Å². The molecule has 1 unspecified atom stereocenters. The van der Waals surface area contributed by atoms with Gasteiger partial charge in [-0.1, -0.05) is 6.07 Å². The van der Waals surface area contributed by atoms with Crippen molar-refractivity contribution >= 4 is 18.5 Å². The number of hydrogen-bond acceptors (Lipinski definition) is 5. The molecule has 1 saturated heterocycles. The third kappa shape index (κ3) is 3.85. The molecule has 1 aromatic heterocycles. The van der Waals surface area contributed by atoms with E-state index in [2.05, 4.69) is 20.2 Å². The van der Waals surface area contributed by atoms with Crippen molar-refractivity contribution in [2.75, 3.05) is 19.7 Å². The van der Waals surface area contributed by atoms with Gasteiger partial charge in [-0.05, 0) is 37.5 Å². The molecule has 2 aromatic rings. The molecular weight excluding hydrogens is 373 g/mol. The van der Waals surface area contributed by atoms with Crippen LogP contribution in [0.2, 0.25) is 0 Å². The highest BCUT2D eigenvalue weighted by Crippen LogP contribution is 2.40. The third-order valence-electron chi connectivity index (χ3n) is 5.68. The first kappa shape index (κ1) is 19.4. The van der Waals surface area contributed by atoms with Gasteiger partial charge in [0.15, 0.2) is 0 Å². The second-order valence-corrected chi connectivity index (χ2v) is 7.54. The van der Waals surface area contributed by atoms with E-state index in [4.69, 9.17) is 5.11 Å². The summed E-state index contributed by atoms with van der Waals surface area (Å²) in [6.07, 6.45) is 5.48. The molecule has 2 aliphatic rings. The molecule has 3 heterocycles. The van der Waals surface area contributed by atoms with Crippen LogP contribution in [0.15, 0.2) is 28.2 Å². The van der Waals surface area contributed by atoms with Crippen LogP contribution in [0.4, 0.5) is 4.39 Å². The zero-order chi connectivity index (χ0) is 20.4. The highest BCUT2D eigenvalue weighted by molar-refractivity contribution is 5.78. The number of aliphatic hydroxyl groups excluding tert-OH is 1. The van der Waals surface area contributed by atoms with Crippen molar-refractivity contribution in [3.63, 3.8) is 0 Å². The minimum absolute atomic E-state index is 0.163. The van der Waals surface area contributed by atoms with Crippen LogP contribution in [0.25, 0.3) is 11.3 Å². The minimum atomic E-state index is -0.465. The summed E-state index contributed by atoms with van der Waals surface area (Å²) in [5, 5.41) is 16.7. The first-order valence-corrected chi connectivity index (χ1v) is 9.85. The second-order valence-electron chi connectivity index (χ2n) is 7.54. The number of H-pyrrole nitrogens is 1. The molecule has 1 aromatic carbocycles. The molecule has 8 heteroatoms. The Morgan fingerprint density at radius 1 is 1.34 bits per heavy atom. The molecule has 0 radical (unpaired) electrons. The summed E-state index contributed by atoms with van der Waals surface area (Å²) >= 11 is 0. The summed E-state index contributed by atoms with van der Waals surface area (Å²) in [4.78, 5) is 22.0. The fourth-order valence-corrected chi connectivity index (χ4v) is 4.13. The molecule has 2 aliphatic heterocycles. The van der Waals surface area contributed by atoms with E-state index >= 15 is 0 Å². The van der Waals surface area contributed by atoms with Crippen LogP contribution >= 0.6 is 0 Å². The van der Waals surface area contributed by atoms with E-state index in [-0.39, 0.29) is 23.7 Å². The number of hydrogen-bond donors (Lipinski definition) is 2. The Labute approximate surface area is 168 Å². The van der Waals surface area contributed by atoms with Gasteiger partial charge in [0.1, 0.15) is 24.5 Å². The zero-order valence-electron chi connectivity index (χ0n) is 16.3. The van der Waals surface area contributed by atoms with Gasteiger partial charge in [0, 0.05) is 48.5 Å². The Hall–Kier alpha value is -2.87. The number of aliphatic imine (C=N–C) groups is 2. The van der Waals surface area contributed by atoms with Crippen LogP contribution in [0.1, 0.15) is 48.0 Å². The summed E-state index contributed by atoms with van der Waals surface area (Å²) in [6.45, 7) is 2.54. The Bertz CT molecular complexity index is 960. The molecule has 0 saturated carbocycles. The Morgan fingerprint density at radius 2 is 2.14 bits per heavy atom. The first-order chi connectivity index (χ1) is 14.1. The van der Waals surface area contributed by atoms with Crippen LogP contribution in [0.3, 0.4) is 0 Å². The van der Waals surface area contributed by atoms with Gasteiger partial charge < -0.3 is 10.0 Å². The lowest BCUT2D eigenvalue weighted by molar-refractivity contribution is -0.135. The summed E-state index contributed by atoms with van der Waals surface area (Å²) in [5.41, 5.74) is 3.76. The Morgan fingerprint density at radius 3 is 2.79 bits per heavy atom. The summed E-state index contributed by atoms with van der Waals surface area (Å²) in [7, 11) is 0. The van der Waals surface area contributed by atoms with E-state index in [1.165, 1.54) is 12.4 Å². The number of benzene rings is 1. The average molecular weight is 397 g/mol. The number of piperidine rings is 1. The van der Waals surface area contributed by atoms with Gasteiger partial charge in [-0.25, -0.2) is 9.38 Å².